The summed E-state index contributed by atoms with van der Waals surface area (Å²) in [4.78, 5) is 15.4. The second-order valence-corrected chi connectivity index (χ2v) is 7.38. The summed E-state index contributed by atoms with van der Waals surface area (Å²) in [6.07, 6.45) is 7.09. The van der Waals surface area contributed by atoms with Gasteiger partial charge in [-0.05, 0) is 56.2 Å². The van der Waals surface area contributed by atoms with E-state index in [9.17, 15) is 4.79 Å². The maximum Gasteiger partial charge on any atom is 0.303 e. The average molecular weight is 381 g/mol. The minimum atomic E-state index is -0.731. The number of carboxylic acids is 1. The second-order valence-electron chi connectivity index (χ2n) is 6.53. The van der Waals surface area contributed by atoms with Crippen LogP contribution in [0.5, 0.6) is 0 Å². The number of aromatic nitrogens is 1. The Morgan fingerprint density at radius 3 is 2.76 bits per heavy atom. The van der Waals surface area contributed by atoms with Gasteiger partial charge in [0.25, 0.3) is 0 Å². The third kappa shape index (κ3) is 4.36. The number of anilines is 1. The highest BCUT2D eigenvalue weighted by Gasteiger charge is 2.20. The molecule has 1 heterocycles. The molecule has 0 radical (unpaired) electrons. The number of aliphatic carboxylic acids is 1. The lowest BCUT2D eigenvalue weighted by atomic mass is 9.92. The number of fused-ring (bicyclic) bond motifs is 2. The molecule has 6 heteroatoms. The van der Waals surface area contributed by atoms with Crippen molar-refractivity contribution in [3.8, 4) is 0 Å². The number of rotatable bonds is 7. The number of carboxylic acid groups (broad SMARTS) is 1. The van der Waals surface area contributed by atoms with Crippen molar-refractivity contribution in [2.24, 2.45) is 0 Å². The lowest BCUT2D eigenvalue weighted by molar-refractivity contribution is -0.137. The molecule has 1 aromatic carbocycles. The molecule has 0 saturated carbocycles. The number of hydrogen-bond acceptors (Lipinski definition) is 3. The fourth-order valence-electron chi connectivity index (χ4n) is 3.46. The van der Waals surface area contributed by atoms with Crippen LogP contribution >= 0.6 is 23.2 Å². The molecule has 0 unspecified atom stereocenters. The molecular formula is C19H22Cl2N2O2. The van der Waals surface area contributed by atoms with Crippen LogP contribution in [0.15, 0.2) is 12.1 Å². The van der Waals surface area contributed by atoms with Gasteiger partial charge in [0.2, 0.25) is 0 Å². The van der Waals surface area contributed by atoms with Crippen molar-refractivity contribution in [3.63, 3.8) is 0 Å². The number of hydrogen-bond donors (Lipinski definition) is 2. The highest BCUT2D eigenvalue weighted by atomic mass is 35.5. The number of benzene rings is 1. The van der Waals surface area contributed by atoms with Gasteiger partial charge in [-0.2, -0.15) is 0 Å². The van der Waals surface area contributed by atoms with Crippen LogP contribution in [0, 0.1) is 0 Å². The van der Waals surface area contributed by atoms with Gasteiger partial charge < -0.3 is 10.4 Å². The molecule has 4 nitrogen and oxygen atoms in total. The quantitative estimate of drug-likeness (QED) is 0.624. The lowest BCUT2D eigenvalue weighted by Gasteiger charge is -2.22. The third-order valence-corrected chi connectivity index (χ3v) is 5.17. The molecule has 134 valence electrons. The van der Waals surface area contributed by atoms with Gasteiger partial charge >= 0.3 is 5.97 Å². The van der Waals surface area contributed by atoms with Gasteiger partial charge in [-0.25, -0.2) is 0 Å². The zero-order chi connectivity index (χ0) is 17.8. The zero-order valence-corrected chi connectivity index (χ0v) is 15.6. The van der Waals surface area contributed by atoms with E-state index in [1.54, 1.807) is 6.07 Å². The number of unbranched alkanes of at least 4 members (excludes halogenated alkanes) is 2. The Bertz CT molecular complexity index is 793. The minimum Gasteiger partial charge on any atom is -0.481 e. The van der Waals surface area contributed by atoms with E-state index in [0.717, 1.165) is 60.9 Å². The average Bonchev–Trinajstić information content (AvgIpc) is 2.56. The Balaban J connectivity index is 1.83. The summed E-state index contributed by atoms with van der Waals surface area (Å²) in [6, 6.07) is 3.63. The van der Waals surface area contributed by atoms with E-state index in [-0.39, 0.29) is 6.42 Å². The van der Waals surface area contributed by atoms with E-state index in [0.29, 0.717) is 16.5 Å². The molecule has 1 aliphatic carbocycles. The van der Waals surface area contributed by atoms with Crippen LogP contribution in [0.25, 0.3) is 10.9 Å². The number of carbonyl (C=O) groups is 1. The van der Waals surface area contributed by atoms with E-state index < -0.39 is 5.97 Å². The number of aryl methyl sites for hydroxylation is 1. The summed E-state index contributed by atoms with van der Waals surface area (Å²) in [7, 11) is 0. The lowest BCUT2D eigenvalue weighted by Crippen LogP contribution is -2.12. The number of nitrogens with zero attached hydrogens (tertiary/aromatic N) is 1. The topological polar surface area (TPSA) is 62.2 Å². The van der Waals surface area contributed by atoms with E-state index in [1.807, 2.05) is 6.07 Å². The van der Waals surface area contributed by atoms with Crippen molar-refractivity contribution in [2.45, 2.75) is 51.4 Å². The van der Waals surface area contributed by atoms with Crippen LogP contribution in [0.1, 0.15) is 49.8 Å². The molecule has 3 rings (SSSR count). The number of pyridine rings is 1. The molecule has 1 aliphatic rings. The Labute approximate surface area is 157 Å². The Morgan fingerprint density at radius 2 is 1.96 bits per heavy atom. The molecular weight excluding hydrogens is 359 g/mol. The molecule has 0 aliphatic heterocycles. The van der Waals surface area contributed by atoms with Crippen molar-refractivity contribution in [3.05, 3.63) is 33.4 Å². The molecule has 0 bridgehead atoms. The SMILES string of the molecule is O=C(O)CCCCCNc1c2c(nc3cc(Cl)cc(Cl)c13)CCCC2. The smallest absolute Gasteiger partial charge is 0.303 e. The highest BCUT2D eigenvalue weighted by molar-refractivity contribution is 6.39. The summed E-state index contributed by atoms with van der Waals surface area (Å²) < 4.78 is 0. The van der Waals surface area contributed by atoms with Crippen molar-refractivity contribution in [2.75, 3.05) is 11.9 Å². The van der Waals surface area contributed by atoms with Crippen LogP contribution < -0.4 is 5.32 Å². The van der Waals surface area contributed by atoms with Gasteiger partial charge in [0.05, 0.1) is 16.2 Å². The maximum atomic E-state index is 10.6. The fourth-order valence-corrected chi connectivity index (χ4v) is 4.04. The first-order valence-corrected chi connectivity index (χ1v) is 9.58. The molecule has 2 N–H and O–H groups in total. The summed E-state index contributed by atoms with van der Waals surface area (Å²) in [5, 5.41) is 14.4. The van der Waals surface area contributed by atoms with E-state index in [2.05, 4.69) is 5.32 Å². The monoisotopic (exact) mass is 380 g/mol. The maximum absolute atomic E-state index is 10.6. The normalized spacial score (nSPS) is 13.7. The van der Waals surface area contributed by atoms with Gasteiger partial charge in [0, 0.05) is 29.1 Å². The van der Waals surface area contributed by atoms with Crippen LogP contribution in [0.4, 0.5) is 5.69 Å². The van der Waals surface area contributed by atoms with Crippen LogP contribution in [-0.2, 0) is 17.6 Å². The first-order valence-electron chi connectivity index (χ1n) is 8.82. The van der Waals surface area contributed by atoms with Gasteiger partial charge in [0.15, 0.2) is 0 Å². The zero-order valence-electron chi connectivity index (χ0n) is 14.1. The van der Waals surface area contributed by atoms with Crippen molar-refractivity contribution in [1.82, 2.24) is 4.98 Å². The molecule has 0 spiro atoms. The molecule has 1 aromatic heterocycles. The Kier molecular flexibility index (Phi) is 6.02. The summed E-state index contributed by atoms with van der Waals surface area (Å²) >= 11 is 12.6. The van der Waals surface area contributed by atoms with Crippen molar-refractivity contribution in [1.29, 1.82) is 0 Å². The predicted molar refractivity (Wildman–Crippen MR) is 103 cm³/mol. The van der Waals surface area contributed by atoms with Gasteiger partial charge in [-0.3, -0.25) is 9.78 Å². The van der Waals surface area contributed by atoms with Crippen molar-refractivity contribution < 1.29 is 9.90 Å². The van der Waals surface area contributed by atoms with Crippen LogP contribution in [-0.4, -0.2) is 22.6 Å². The summed E-state index contributed by atoms with van der Waals surface area (Å²) in [6.45, 7) is 0.796. The standard InChI is InChI=1S/C19H22Cl2N2O2/c20-12-10-14(21)18-16(11-12)23-15-7-4-3-6-13(15)19(18)22-9-5-1-2-8-17(24)25/h10-11H,1-9H2,(H,22,23)(H,24,25). The van der Waals surface area contributed by atoms with Gasteiger partial charge in [0.1, 0.15) is 0 Å². The second kappa shape index (κ2) is 8.24. The highest BCUT2D eigenvalue weighted by Crippen LogP contribution is 2.38. The van der Waals surface area contributed by atoms with E-state index >= 15 is 0 Å². The van der Waals surface area contributed by atoms with Gasteiger partial charge in [-0.1, -0.05) is 29.6 Å². The molecule has 0 saturated heterocycles. The predicted octanol–water partition coefficient (Wildman–Crippen LogP) is 5.48. The van der Waals surface area contributed by atoms with E-state index in [4.69, 9.17) is 33.3 Å². The van der Waals surface area contributed by atoms with Crippen molar-refractivity contribution >= 4 is 45.8 Å². The molecule has 0 amide bonds. The summed E-state index contributed by atoms with van der Waals surface area (Å²) in [5.41, 5.74) is 4.34. The summed E-state index contributed by atoms with van der Waals surface area (Å²) in [5.74, 6) is -0.731. The van der Waals surface area contributed by atoms with Crippen LogP contribution in [0.2, 0.25) is 10.0 Å². The van der Waals surface area contributed by atoms with Gasteiger partial charge in [-0.15, -0.1) is 0 Å². The largest absolute Gasteiger partial charge is 0.481 e. The molecule has 0 fully saturated rings. The first kappa shape index (κ1) is 18.3. The fraction of sp³-hybridized carbons (Fsp3) is 0.474. The number of halogens is 2. The molecule has 0 atom stereocenters. The first-order chi connectivity index (χ1) is 12.1. The molecule has 25 heavy (non-hydrogen) atoms. The minimum absolute atomic E-state index is 0.234. The van der Waals surface area contributed by atoms with E-state index in [1.165, 1.54) is 12.0 Å². The van der Waals surface area contributed by atoms with Crippen LogP contribution in [0.3, 0.4) is 0 Å². The number of nitrogens with one attached hydrogen (secondary N) is 1. The Morgan fingerprint density at radius 1 is 1.16 bits per heavy atom. The third-order valence-electron chi connectivity index (χ3n) is 4.65. The molecule has 2 aromatic rings. The Hall–Kier alpha value is -1.52.